The van der Waals surface area contributed by atoms with E-state index in [0.29, 0.717) is 24.2 Å². The number of nitrogens with zero attached hydrogens (tertiary/aromatic N) is 1. The number of ketones is 1. The van der Waals surface area contributed by atoms with E-state index in [1.54, 1.807) is 36.7 Å². The molecule has 0 atom stereocenters. The molecule has 0 radical (unpaired) electrons. The Morgan fingerprint density at radius 2 is 1.76 bits per heavy atom. The summed E-state index contributed by atoms with van der Waals surface area (Å²) in [4.78, 5) is 27.5. The van der Waals surface area contributed by atoms with Crippen molar-refractivity contribution in [2.75, 3.05) is 5.32 Å². The van der Waals surface area contributed by atoms with Crippen LogP contribution >= 0.6 is 0 Å². The van der Waals surface area contributed by atoms with Gasteiger partial charge in [0.05, 0.1) is 0 Å². The molecule has 0 saturated carbocycles. The van der Waals surface area contributed by atoms with Crippen molar-refractivity contribution in [2.24, 2.45) is 0 Å². The standard InChI is InChI=1S/C17H19N3O2.2ClH.Zn/c1-2-4-16(21)14-6-8-15(9-7-14)20-17(22)19-12-13-5-3-10-18-11-13;;;/h3,5-11H,2,4,12H2,1H3,(H2,19,20,22);2*1H;/q;;;+2/p-2. The second kappa shape index (κ2) is 13.8. The molecule has 8 heteroatoms. The van der Waals surface area contributed by atoms with Crippen LogP contribution in [0.1, 0.15) is 35.7 Å². The zero-order valence-electron chi connectivity index (χ0n) is 14.0. The quantitative estimate of drug-likeness (QED) is 0.388. The molecule has 25 heavy (non-hydrogen) atoms. The van der Waals surface area contributed by atoms with E-state index >= 15 is 0 Å². The predicted molar refractivity (Wildman–Crippen MR) is 85.8 cm³/mol. The number of Topliss-reactive ketones (excluding diaryl/α,β-unsaturated/α-hetero) is 1. The molecule has 0 aliphatic rings. The van der Waals surface area contributed by atoms with E-state index in [1.807, 2.05) is 19.1 Å². The Balaban J connectivity index is 0. The van der Waals surface area contributed by atoms with Crippen LogP contribution in [-0.4, -0.2) is 16.8 Å². The molecule has 0 spiro atoms. The van der Waals surface area contributed by atoms with Gasteiger partial charge in [0.25, 0.3) is 0 Å². The number of rotatable bonds is 6. The third-order valence-electron chi connectivity index (χ3n) is 3.12. The molecule has 0 bridgehead atoms. The fourth-order valence-corrected chi connectivity index (χ4v) is 1.97. The van der Waals surface area contributed by atoms with Gasteiger partial charge in [0, 0.05) is 36.6 Å². The molecule has 2 amide bonds. The van der Waals surface area contributed by atoms with E-state index in [2.05, 4.69) is 15.6 Å². The first kappa shape index (κ1) is 25.8. The van der Waals surface area contributed by atoms with Gasteiger partial charge in [0.2, 0.25) is 0 Å². The number of amides is 2. The summed E-state index contributed by atoms with van der Waals surface area (Å²) in [7, 11) is 0. The molecule has 2 rings (SSSR count). The number of hydrogen-bond acceptors (Lipinski definition) is 3. The van der Waals surface area contributed by atoms with Crippen molar-refractivity contribution in [3.63, 3.8) is 0 Å². The summed E-state index contributed by atoms with van der Waals surface area (Å²) in [5.41, 5.74) is 2.25. The number of pyridine rings is 1. The van der Waals surface area contributed by atoms with Crippen LogP contribution in [0.3, 0.4) is 0 Å². The monoisotopic (exact) mass is 431 g/mol. The van der Waals surface area contributed by atoms with Crippen molar-refractivity contribution in [3.8, 4) is 0 Å². The second-order valence-corrected chi connectivity index (χ2v) is 4.92. The van der Waals surface area contributed by atoms with Crippen molar-refractivity contribution >= 4 is 17.5 Å². The Hall–Kier alpha value is -1.49. The maximum Gasteiger partial charge on any atom is 2.00 e. The molecule has 0 aliphatic carbocycles. The molecule has 5 nitrogen and oxygen atoms in total. The molecule has 0 saturated heterocycles. The van der Waals surface area contributed by atoms with Crippen LogP contribution in [0.25, 0.3) is 0 Å². The number of aromatic nitrogens is 1. The molecule has 1 aromatic carbocycles. The van der Waals surface area contributed by atoms with Crippen LogP contribution in [-0.2, 0) is 26.0 Å². The van der Waals surface area contributed by atoms with Gasteiger partial charge in [0.15, 0.2) is 5.78 Å². The number of anilines is 1. The third kappa shape index (κ3) is 8.96. The van der Waals surface area contributed by atoms with Gasteiger partial charge in [-0.3, -0.25) is 9.78 Å². The Labute approximate surface area is 173 Å². The van der Waals surface area contributed by atoms with Crippen molar-refractivity contribution in [3.05, 3.63) is 59.9 Å². The number of halogens is 2. The number of benzene rings is 1. The van der Waals surface area contributed by atoms with Crippen molar-refractivity contribution in [1.82, 2.24) is 10.3 Å². The summed E-state index contributed by atoms with van der Waals surface area (Å²) in [5.74, 6) is 0.120. The second-order valence-electron chi connectivity index (χ2n) is 4.92. The van der Waals surface area contributed by atoms with E-state index in [1.165, 1.54) is 0 Å². The van der Waals surface area contributed by atoms with E-state index in [0.717, 1.165) is 12.0 Å². The summed E-state index contributed by atoms with van der Waals surface area (Å²) in [6.45, 7) is 2.38. The first-order chi connectivity index (χ1) is 10.7. The van der Waals surface area contributed by atoms with Crippen LogP contribution in [0.5, 0.6) is 0 Å². The molecule has 1 aromatic heterocycles. The molecule has 1 heterocycles. The number of carbonyl (C=O) groups excluding carboxylic acids is 2. The van der Waals surface area contributed by atoms with Gasteiger partial charge in [0.1, 0.15) is 0 Å². The topological polar surface area (TPSA) is 71.1 Å². The van der Waals surface area contributed by atoms with Crippen LogP contribution < -0.4 is 35.4 Å². The smallest absolute Gasteiger partial charge is 1.00 e. The molecular formula is C17H19Cl2N3O2Zn. The van der Waals surface area contributed by atoms with Crippen LogP contribution in [0.15, 0.2) is 48.8 Å². The fraction of sp³-hybridized carbons (Fsp3) is 0.235. The summed E-state index contributed by atoms with van der Waals surface area (Å²) in [6.07, 6.45) is 4.76. The SMILES string of the molecule is CCCC(=O)c1ccc(NC(=O)NCc2cccnc2)cc1.[Cl-].[Cl-].[Zn+2]. The van der Waals surface area contributed by atoms with Gasteiger partial charge in [-0.1, -0.05) is 13.0 Å². The number of urea groups is 1. The average molecular weight is 434 g/mol. The normalized spacial score (nSPS) is 8.84. The first-order valence-corrected chi connectivity index (χ1v) is 7.26. The zero-order chi connectivity index (χ0) is 15.8. The molecule has 0 aliphatic heterocycles. The van der Waals surface area contributed by atoms with Gasteiger partial charge in [-0.25, -0.2) is 4.79 Å². The van der Waals surface area contributed by atoms with Crippen LogP contribution in [0.4, 0.5) is 10.5 Å². The van der Waals surface area contributed by atoms with E-state index in [-0.39, 0.29) is 56.1 Å². The molecule has 130 valence electrons. The van der Waals surface area contributed by atoms with Gasteiger partial charge >= 0.3 is 25.5 Å². The van der Waals surface area contributed by atoms with E-state index in [9.17, 15) is 9.59 Å². The Morgan fingerprint density at radius 1 is 1.08 bits per heavy atom. The molecule has 0 unspecified atom stereocenters. The minimum atomic E-state index is -0.295. The molecular weight excluding hydrogens is 415 g/mol. The largest absolute Gasteiger partial charge is 2.00 e. The van der Waals surface area contributed by atoms with E-state index in [4.69, 9.17) is 0 Å². The van der Waals surface area contributed by atoms with Crippen molar-refractivity contribution in [2.45, 2.75) is 26.3 Å². The minimum absolute atomic E-state index is 0. The van der Waals surface area contributed by atoms with Gasteiger partial charge in [-0.2, -0.15) is 0 Å². The average Bonchev–Trinajstić information content (AvgIpc) is 2.55. The maximum atomic E-state index is 11.8. The third-order valence-corrected chi connectivity index (χ3v) is 3.12. The number of hydrogen-bond donors (Lipinski definition) is 2. The van der Waals surface area contributed by atoms with Crippen LogP contribution in [0.2, 0.25) is 0 Å². The van der Waals surface area contributed by atoms with Gasteiger partial charge < -0.3 is 35.4 Å². The number of carbonyl (C=O) groups is 2. The maximum absolute atomic E-state index is 11.8. The zero-order valence-corrected chi connectivity index (χ0v) is 18.4. The fourth-order valence-electron chi connectivity index (χ4n) is 1.97. The summed E-state index contributed by atoms with van der Waals surface area (Å²) in [6, 6.07) is 10.3. The molecule has 0 fully saturated rings. The van der Waals surface area contributed by atoms with Crippen molar-refractivity contribution in [1.29, 1.82) is 0 Å². The van der Waals surface area contributed by atoms with Crippen LogP contribution in [0, 0.1) is 0 Å². The summed E-state index contributed by atoms with van der Waals surface area (Å²) >= 11 is 0. The summed E-state index contributed by atoms with van der Waals surface area (Å²) < 4.78 is 0. The molecule has 2 N–H and O–H groups in total. The predicted octanol–water partition coefficient (Wildman–Crippen LogP) is -2.61. The Bertz CT molecular complexity index is 640. The van der Waals surface area contributed by atoms with Crippen molar-refractivity contribution < 1.29 is 53.9 Å². The number of nitrogens with one attached hydrogen (secondary N) is 2. The van der Waals surface area contributed by atoms with Gasteiger partial charge in [-0.15, -0.1) is 0 Å². The Kier molecular flexibility index (Phi) is 14.2. The molecule has 2 aromatic rings. The van der Waals surface area contributed by atoms with Gasteiger partial charge in [-0.05, 0) is 42.3 Å². The first-order valence-electron chi connectivity index (χ1n) is 7.26. The minimum Gasteiger partial charge on any atom is -1.00 e. The summed E-state index contributed by atoms with van der Waals surface area (Å²) in [5, 5.41) is 5.48. The van der Waals surface area contributed by atoms with E-state index < -0.39 is 0 Å². The Morgan fingerprint density at radius 3 is 2.32 bits per heavy atom.